The molecule has 7 heteroatoms. The van der Waals surface area contributed by atoms with Crippen LogP contribution in [0.4, 0.5) is 5.82 Å². The number of anilines is 1. The molecule has 1 aliphatic rings. The predicted octanol–water partition coefficient (Wildman–Crippen LogP) is 4.56. The number of amides is 1. The van der Waals surface area contributed by atoms with Crippen LogP contribution in [0.15, 0.2) is 57.4 Å². The van der Waals surface area contributed by atoms with Crippen molar-refractivity contribution in [3.05, 3.63) is 69.8 Å². The van der Waals surface area contributed by atoms with Gasteiger partial charge in [-0.15, -0.1) is 0 Å². The average Bonchev–Trinajstić information content (AvgIpc) is 3.23. The molecule has 0 aliphatic carbocycles. The Morgan fingerprint density at radius 1 is 1.19 bits per heavy atom. The summed E-state index contributed by atoms with van der Waals surface area (Å²) in [6.07, 6.45) is 0.384. The van der Waals surface area contributed by atoms with E-state index in [1.54, 1.807) is 4.68 Å². The topological polar surface area (TPSA) is 73.0 Å². The zero-order valence-electron chi connectivity index (χ0n) is 14.4. The van der Waals surface area contributed by atoms with Crippen LogP contribution in [0.25, 0.3) is 17.1 Å². The molecule has 4 aromatic rings. The van der Waals surface area contributed by atoms with Gasteiger partial charge < -0.3 is 9.73 Å². The van der Waals surface area contributed by atoms with Crippen LogP contribution in [-0.4, -0.2) is 20.7 Å². The fraction of sp³-hybridized carbons (Fsp3) is 0.150. The number of fused-ring (bicyclic) bond motifs is 2. The summed E-state index contributed by atoms with van der Waals surface area (Å²) in [4.78, 5) is 16.9. The first kappa shape index (κ1) is 16.3. The van der Waals surface area contributed by atoms with Crippen LogP contribution < -0.4 is 5.32 Å². The average molecular weight is 423 g/mol. The summed E-state index contributed by atoms with van der Waals surface area (Å²) in [5.41, 5.74) is 4.36. The highest BCUT2D eigenvalue weighted by molar-refractivity contribution is 9.10. The molecule has 0 radical (unpaired) electrons. The van der Waals surface area contributed by atoms with Crippen LogP contribution >= 0.6 is 15.9 Å². The number of benzene rings is 2. The van der Waals surface area contributed by atoms with Gasteiger partial charge in [0.15, 0.2) is 5.58 Å². The Bertz CT molecular complexity index is 1140. The van der Waals surface area contributed by atoms with Gasteiger partial charge in [-0.25, -0.2) is 0 Å². The van der Waals surface area contributed by atoms with E-state index in [0.717, 1.165) is 26.8 Å². The molecule has 134 valence electrons. The lowest BCUT2D eigenvalue weighted by Crippen LogP contribution is -2.25. The van der Waals surface area contributed by atoms with Crippen molar-refractivity contribution in [3.8, 4) is 6.01 Å². The van der Waals surface area contributed by atoms with E-state index in [4.69, 9.17) is 4.42 Å². The smallest absolute Gasteiger partial charge is 0.325 e. The van der Waals surface area contributed by atoms with E-state index in [1.165, 1.54) is 0 Å². The first-order valence-corrected chi connectivity index (χ1v) is 9.40. The van der Waals surface area contributed by atoms with E-state index in [2.05, 4.69) is 31.3 Å². The molecule has 1 N–H and O–H groups in total. The molecular formula is C20H15BrN4O2. The second kappa shape index (κ2) is 6.06. The summed E-state index contributed by atoms with van der Waals surface area (Å²) in [6.45, 7) is 1.95. The van der Waals surface area contributed by atoms with Gasteiger partial charge in [-0.1, -0.05) is 40.2 Å². The number of carbonyl (C=O) groups excluding carboxylic acids is 1. The number of hydrogen-bond donors (Lipinski definition) is 1. The molecule has 2 aromatic carbocycles. The van der Waals surface area contributed by atoms with E-state index in [0.29, 0.717) is 23.8 Å². The molecular weight excluding hydrogens is 408 g/mol. The molecule has 0 saturated carbocycles. The number of rotatable bonds is 2. The van der Waals surface area contributed by atoms with Crippen LogP contribution in [0.1, 0.15) is 29.2 Å². The van der Waals surface area contributed by atoms with E-state index in [1.807, 2.05) is 55.5 Å². The van der Waals surface area contributed by atoms with Crippen LogP contribution in [-0.2, 0) is 4.79 Å². The van der Waals surface area contributed by atoms with Crippen molar-refractivity contribution >= 4 is 38.8 Å². The molecule has 27 heavy (non-hydrogen) atoms. The van der Waals surface area contributed by atoms with E-state index >= 15 is 0 Å². The molecule has 3 heterocycles. The second-order valence-electron chi connectivity index (χ2n) is 6.58. The summed E-state index contributed by atoms with van der Waals surface area (Å²) in [5, 5.41) is 7.58. The van der Waals surface area contributed by atoms with E-state index < -0.39 is 0 Å². The second-order valence-corrected chi connectivity index (χ2v) is 7.50. The summed E-state index contributed by atoms with van der Waals surface area (Å²) in [6, 6.07) is 15.9. The van der Waals surface area contributed by atoms with Crippen LogP contribution in [0, 0.1) is 6.92 Å². The van der Waals surface area contributed by atoms with Crippen LogP contribution in [0.5, 0.6) is 0 Å². The Labute approximate surface area is 163 Å². The first-order valence-electron chi connectivity index (χ1n) is 8.61. The maximum atomic E-state index is 12.4. The molecule has 0 bridgehead atoms. The SMILES string of the molecule is Cc1nn(-c2nc3ccccc3o2)c2c1C(c1ccc(Br)cc1)CC(=O)N2. The number of halogens is 1. The van der Waals surface area contributed by atoms with Crippen LogP contribution in [0.3, 0.4) is 0 Å². The number of para-hydroxylation sites is 2. The van der Waals surface area contributed by atoms with Gasteiger partial charge in [0, 0.05) is 22.4 Å². The van der Waals surface area contributed by atoms with Crippen molar-refractivity contribution in [3.63, 3.8) is 0 Å². The van der Waals surface area contributed by atoms with Gasteiger partial charge in [-0.3, -0.25) is 4.79 Å². The minimum Gasteiger partial charge on any atom is -0.422 e. The van der Waals surface area contributed by atoms with Gasteiger partial charge in [0.05, 0.1) is 5.69 Å². The number of hydrogen-bond acceptors (Lipinski definition) is 4. The lowest BCUT2D eigenvalue weighted by Gasteiger charge is -2.24. The molecule has 0 saturated heterocycles. The Morgan fingerprint density at radius 3 is 2.74 bits per heavy atom. The molecule has 5 rings (SSSR count). The summed E-state index contributed by atoms with van der Waals surface area (Å²) in [5.74, 6) is 0.524. The fourth-order valence-corrected chi connectivity index (χ4v) is 3.88. The molecule has 0 fully saturated rings. The van der Waals surface area contributed by atoms with Gasteiger partial charge in [-0.2, -0.15) is 14.8 Å². The van der Waals surface area contributed by atoms with Crippen molar-refractivity contribution in [2.24, 2.45) is 0 Å². The molecule has 1 aliphatic heterocycles. The molecule has 0 spiro atoms. The van der Waals surface area contributed by atoms with Crippen molar-refractivity contribution in [2.75, 3.05) is 5.32 Å². The quantitative estimate of drug-likeness (QED) is 0.513. The number of aromatic nitrogens is 3. The Kier molecular flexibility index (Phi) is 3.65. The van der Waals surface area contributed by atoms with E-state index in [9.17, 15) is 4.79 Å². The Hall–Kier alpha value is -2.93. The Balaban J connectivity index is 1.67. The summed E-state index contributed by atoms with van der Waals surface area (Å²) in [7, 11) is 0. The molecule has 6 nitrogen and oxygen atoms in total. The van der Waals surface area contributed by atoms with Gasteiger partial charge in [-0.05, 0) is 36.8 Å². The zero-order valence-corrected chi connectivity index (χ0v) is 16.0. The van der Waals surface area contributed by atoms with Gasteiger partial charge in [0.25, 0.3) is 0 Å². The van der Waals surface area contributed by atoms with Crippen LogP contribution in [0.2, 0.25) is 0 Å². The third-order valence-electron chi connectivity index (χ3n) is 4.84. The fourth-order valence-electron chi connectivity index (χ4n) is 3.62. The number of nitrogens with zero attached hydrogens (tertiary/aromatic N) is 3. The largest absolute Gasteiger partial charge is 0.422 e. The van der Waals surface area contributed by atoms with Gasteiger partial charge in [0.1, 0.15) is 11.3 Å². The first-order chi connectivity index (χ1) is 13.1. The van der Waals surface area contributed by atoms with E-state index in [-0.39, 0.29) is 11.8 Å². The minimum atomic E-state index is -0.0556. The maximum absolute atomic E-state index is 12.4. The molecule has 1 amide bonds. The van der Waals surface area contributed by atoms with Crippen molar-refractivity contribution < 1.29 is 9.21 Å². The lowest BCUT2D eigenvalue weighted by atomic mass is 9.86. The predicted molar refractivity (Wildman–Crippen MR) is 105 cm³/mol. The lowest BCUT2D eigenvalue weighted by molar-refractivity contribution is -0.116. The van der Waals surface area contributed by atoms with Crippen molar-refractivity contribution in [1.82, 2.24) is 14.8 Å². The number of carbonyl (C=O) groups is 1. The number of aryl methyl sites for hydroxylation is 1. The molecule has 1 unspecified atom stereocenters. The Morgan fingerprint density at radius 2 is 1.96 bits per heavy atom. The standard InChI is InChI=1S/C20H15BrN4O2/c1-11-18-14(12-6-8-13(21)9-7-12)10-17(26)23-19(18)25(24-11)20-22-15-4-2-3-5-16(15)27-20/h2-9,14H,10H2,1H3,(H,23,26). The number of oxazole rings is 1. The number of nitrogens with one attached hydrogen (secondary N) is 1. The van der Waals surface area contributed by atoms with Gasteiger partial charge >= 0.3 is 6.01 Å². The highest BCUT2D eigenvalue weighted by atomic mass is 79.9. The minimum absolute atomic E-state index is 0.0484. The third-order valence-corrected chi connectivity index (χ3v) is 5.37. The highest BCUT2D eigenvalue weighted by Gasteiger charge is 2.33. The monoisotopic (exact) mass is 422 g/mol. The zero-order chi connectivity index (χ0) is 18.5. The third kappa shape index (κ3) is 2.66. The van der Waals surface area contributed by atoms with Gasteiger partial charge in [0.2, 0.25) is 5.91 Å². The summed E-state index contributed by atoms with van der Waals surface area (Å²) >= 11 is 3.46. The molecule has 2 aromatic heterocycles. The normalized spacial score (nSPS) is 16.4. The highest BCUT2D eigenvalue weighted by Crippen LogP contribution is 2.40. The maximum Gasteiger partial charge on any atom is 0.325 e. The molecule has 1 atom stereocenters. The summed E-state index contributed by atoms with van der Waals surface area (Å²) < 4.78 is 8.45. The van der Waals surface area contributed by atoms with Crippen molar-refractivity contribution in [2.45, 2.75) is 19.3 Å². The van der Waals surface area contributed by atoms with Crippen molar-refractivity contribution in [1.29, 1.82) is 0 Å².